The highest BCUT2D eigenvalue weighted by atomic mass is 19.4. The van der Waals surface area contributed by atoms with Crippen LogP contribution in [0.1, 0.15) is 41.7 Å². The maximum absolute atomic E-state index is 13.7. The first kappa shape index (κ1) is 32.0. The normalized spacial score (nSPS) is 20.7. The van der Waals surface area contributed by atoms with Crippen molar-refractivity contribution < 1.29 is 31.8 Å². The molecule has 0 atom stereocenters. The van der Waals surface area contributed by atoms with Crippen molar-refractivity contribution in [2.75, 3.05) is 63.8 Å². The lowest BCUT2D eigenvalue weighted by atomic mass is 9.75. The van der Waals surface area contributed by atoms with Gasteiger partial charge in [0.15, 0.2) is 0 Å². The summed E-state index contributed by atoms with van der Waals surface area (Å²) < 4.78 is 66.0. The van der Waals surface area contributed by atoms with Gasteiger partial charge in [-0.05, 0) is 68.0 Å². The fourth-order valence-corrected chi connectivity index (χ4v) is 6.81. The van der Waals surface area contributed by atoms with Crippen LogP contribution < -0.4 is 20.7 Å². The minimum absolute atomic E-state index is 0.0817. The Morgan fingerprint density at radius 1 is 1.09 bits per heavy atom. The van der Waals surface area contributed by atoms with E-state index in [1.807, 2.05) is 6.07 Å². The standard InChI is InChI=1S/C34H39F4N5O3/c1-39-32(44)23-7-12-29(31(16-23)46-15-13-35)40-14-3-4-26-17-27-28(5-2-6-30(27)43(26)20-34(36,37)38)41-24-8-10-25(11-9-24)42-18-33(19-42)21-45-22-33/h2,5-7,12,16-17,24-25,40-41H,8-11,13-15,18-22H2,1H3,(H,39,44)/t24-,25+. The van der Waals surface area contributed by atoms with Crippen LogP contribution in [0.3, 0.4) is 0 Å². The summed E-state index contributed by atoms with van der Waals surface area (Å²) in [5.41, 5.74) is 2.76. The lowest BCUT2D eigenvalue weighted by Crippen LogP contribution is -2.68. The maximum atomic E-state index is 13.7. The Hall–Kier alpha value is -3.95. The number of nitrogens with zero attached hydrogens (tertiary/aromatic N) is 2. The first-order chi connectivity index (χ1) is 22.2. The summed E-state index contributed by atoms with van der Waals surface area (Å²) in [6.07, 6.45) is -0.233. The third kappa shape index (κ3) is 7.05. The van der Waals surface area contributed by atoms with E-state index >= 15 is 0 Å². The van der Waals surface area contributed by atoms with Gasteiger partial charge in [0.25, 0.3) is 5.91 Å². The largest absolute Gasteiger partial charge is 0.489 e. The van der Waals surface area contributed by atoms with Gasteiger partial charge in [-0.3, -0.25) is 9.69 Å². The number of amides is 1. The number of anilines is 2. The number of rotatable bonds is 10. The molecule has 1 saturated carbocycles. The molecule has 2 aromatic carbocycles. The molecule has 2 saturated heterocycles. The van der Waals surface area contributed by atoms with Crippen molar-refractivity contribution in [2.45, 2.75) is 50.5 Å². The van der Waals surface area contributed by atoms with Gasteiger partial charge >= 0.3 is 6.18 Å². The average Bonchev–Trinajstić information content (AvgIpc) is 3.34. The lowest BCUT2D eigenvalue weighted by Gasteiger charge is -2.58. The van der Waals surface area contributed by atoms with Crippen LogP contribution >= 0.6 is 0 Å². The molecule has 8 nitrogen and oxygen atoms in total. The zero-order chi connectivity index (χ0) is 32.3. The molecule has 0 bridgehead atoms. The number of hydrogen-bond acceptors (Lipinski definition) is 6. The van der Waals surface area contributed by atoms with Gasteiger partial charge in [0, 0.05) is 54.3 Å². The fraction of sp³-hybridized carbons (Fsp3) is 0.500. The van der Waals surface area contributed by atoms with Crippen molar-refractivity contribution in [3.8, 4) is 17.6 Å². The quantitative estimate of drug-likeness (QED) is 0.203. The molecule has 46 heavy (non-hydrogen) atoms. The number of likely N-dealkylation sites (tertiary alicyclic amines) is 1. The maximum Gasteiger partial charge on any atom is 0.406 e. The zero-order valence-corrected chi connectivity index (χ0v) is 25.8. The molecular weight excluding hydrogens is 602 g/mol. The second-order valence-electron chi connectivity index (χ2n) is 12.5. The van der Waals surface area contributed by atoms with Crippen LogP contribution in [-0.2, 0) is 11.3 Å². The van der Waals surface area contributed by atoms with E-state index in [1.165, 1.54) is 17.7 Å². The van der Waals surface area contributed by atoms with E-state index in [-0.39, 0.29) is 36.5 Å². The predicted octanol–water partition coefficient (Wildman–Crippen LogP) is 5.43. The monoisotopic (exact) mass is 641 g/mol. The second kappa shape index (κ2) is 13.4. The molecule has 1 amide bonds. The van der Waals surface area contributed by atoms with Gasteiger partial charge in [-0.25, -0.2) is 4.39 Å². The molecule has 12 heteroatoms. The van der Waals surface area contributed by atoms with E-state index in [0.29, 0.717) is 33.6 Å². The van der Waals surface area contributed by atoms with Gasteiger partial charge in [-0.1, -0.05) is 12.0 Å². The number of benzene rings is 2. The molecule has 246 valence electrons. The van der Waals surface area contributed by atoms with Crippen LogP contribution in [0.2, 0.25) is 0 Å². The Bertz CT molecular complexity index is 1610. The van der Waals surface area contributed by atoms with Crippen LogP contribution in [0.4, 0.5) is 28.9 Å². The van der Waals surface area contributed by atoms with Crippen molar-refractivity contribution >= 4 is 28.2 Å². The SMILES string of the molecule is CNC(=O)c1ccc(NCC#Cc2cc3c(N[C@H]4CC[C@@H](N5CC6(COC6)C5)CC4)cccc3n2CC(F)(F)F)c(OCCF)c1. The van der Waals surface area contributed by atoms with Crippen LogP contribution in [0, 0.1) is 17.3 Å². The molecule has 0 unspecified atom stereocenters. The van der Waals surface area contributed by atoms with Gasteiger partial charge in [0.1, 0.15) is 25.6 Å². The van der Waals surface area contributed by atoms with Gasteiger partial charge in [0.05, 0.1) is 36.7 Å². The number of halogens is 4. The summed E-state index contributed by atoms with van der Waals surface area (Å²) in [5, 5.41) is 9.92. The van der Waals surface area contributed by atoms with E-state index in [1.54, 1.807) is 30.3 Å². The van der Waals surface area contributed by atoms with Crippen molar-refractivity contribution in [3.05, 3.63) is 53.7 Å². The summed E-state index contributed by atoms with van der Waals surface area (Å²) in [6, 6.07) is 12.7. The molecule has 6 rings (SSSR count). The molecular formula is C34H39F4N5O3. The number of ether oxygens (including phenoxy) is 2. The van der Waals surface area contributed by atoms with Crippen LogP contribution in [0.5, 0.6) is 5.75 Å². The Morgan fingerprint density at radius 2 is 1.87 bits per heavy atom. The molecule has 1 spiro atoms. The molecule has 0 radical (unpaired) electrons. The zero-order valence-electron chi connectivity index (χ0n) is 25.8. The Balaban J connectivity index is 1.15. The van der Waals surface area contributed by atoms with Crippen LogP contribution in [0.25, 0.3) is 10.9 Å². The molecule has 1 aromatic heterocycles. The summed E-state index contributed by atoms with van der Waals surface area (Å²) in [6.45, 7) is 2.03. The fourth-order valence-electron chi connectivity index (χ4n) is 6.81. The smallest absolute Gasteiger partial charge is 0.406 e. The van der Waals surface area contributed by atoms with Crippen molar-refractivity contribution in [2.24, 2.45) is 5.41 Å². The highest BCUT2D eigenvalue weighted by Crippen LogP contribution is 2.41. The second-order valence-corrected chi connectivity index (χ2v) is 12.5. The van der Waals surface area contributed by atoms with E-state index in [2.05, 4.69) is 32.7 Å². The van der Waals surface area contributed by atoms with E-state index < -0.39 is 19.4 Å². The number of carbonyl (C=O) groups excluding carboxylic acids is 1. The number of alkyl halides is 4. The molecule has 3 fully saturated rings. The first-order valence-electron chi connectivity index (χ1n) is 15.7. The van der Waals surface area contributed by atoms with Gasteiger partial charge < -0.3 is 30.0 Å². The molecule has 3 heterocycles. The predicted molar refractivity (Wildman–Crippen MR) is 169 cm³/mol. The Kier molecular flexibility index (Phi) is 9.34. The third-order valence-corrected chi connectivity index (χ3v) is 9.14. The molecule has 3 aliphatic rings. The minimum Gasteiger partial charge on any atom is -0.489 e. The minimum atomic E-state index is -4.43. The Morgan fingerprint density at radius 3 is 2.54 bits per heavy atom. The first-order valence-corrected chi connectivity index (χ1v) is 15.7. The molecule has 2 aliphatic heterocycles. The number of aromatic nitrogens is 1. The number of hydrogen-bond donors (Lipinski definition) is 3. The summed E-state index contributed by atoms with van der Waals surface area (Å²) in [7, 11) is 1.50. The lowest BCUT2D eigenvalue weighted by molar-refractivity contribution is -0.200. The third-order valence-electron chi connectivity index (χ3n) is 9.14. The van der Waals surface area contributed by atoms with Crippen molar-refractivity contribution in [1.82, 2.24) is 14.8 Å². The van der Waals surface area contributed by atoms with Gasteiger partial charge in [-0.15, -0.1) is 0 Å². The van der Waals surface area contributed by atoms with Gasteiger partial charge in [-0.2, -0.15) is 13.2 Å². The number of fused-ring (bicyclic) bond motifs is 1. The molecule has 3 N–H and O–H groups in total. The van der Waals surface area contributed by atoms with Crippen LogP contribution in [0.15, 0.2) is 42.5 Å². The number of nitrogens with one attached hydrogen (secondary N) is 3. The van der Waals surface area contributed by atoms with Crippen molar-refractivity contribution in [1.29, 1.82) is 0 Å². The highest BCUT2D eigenvalue weighted by molar-refractivity contribution is 5.95. The summed E-state index contributed by atoms with van der Waals surface area (Å²) in [4.78, 5) is 14.6. The summed E-state index contributed by atoms with van der Waals surface area (Å²) in [5.74, 6) is 5.79. The number of carbonyl (C=O) groups is 1. The Labute approximate surface area is 265 Å². The topological polar surface area (TPSA) is 79.8 Å². The van der Waals surface area contributed by atoms with E-state index in [4.69, 9.17) is 9.47 Å². The van der Waals surface area contributed by atoms with Crippen molar-refractivity contribution in [3.63, 3.8) is 0 Å². The highest BCUT2D eigenvalue weighted by Gasteiger charge is 2.50. The summed E-state index contributed by atoms with van der Waals surface area (Å²) >= 11 is 0. The van der Waals surface area contributed by atoms with Crippen LogP contribution in [-0.4, -0.2) is 86.8 Å². The molecule has 1 aliphatic carbocycles. The van der Waals surface area contributed by atoms with E-state index in [9.17, 15) is 22.4 Å². The molecule has 3 aromatic rings. The van der Waals surface area contributed by atoms with E-state index in [0.717, 1.165) is 57.7 Å². The average molecular weight is 642 g/mol. The van der Waals surface area contributed by atoms with Gasteiger partial charge in [0.2, 0.25) is 0 Å².